The van der Waals surface area contributed by atoms with Crippen molar-refractivity contribution in [2.75, 3.05) is 6.61 Å². The zero-order chi connectivity index (χ0) is 21.8. The summed E-state index contributed by atoms with van der Waals surface area (Å²) >= 11 is 0. The summed E-state index contributed by atoms with van der Waals surface area (Å²) in [5.74, 6) is -1.71. The van der Waals surface area contributed by atoms with Gasteiger partial charge in [-0.25, -0.2) is 8.78 Å². The molecule has 0 radical (unpaired) electrons. The second-order valence-corrected chi connectivity index (χ2v) is 7.60. The number of hydrogen-bond acceptors (Lipinski definition) is 2. The van der Waals surface area contributed by atoms with Crippen LogP contribution in [0.25, 0.3) is 17.3 Å². The maximum absolute atomic E-state index is 14.6. The molecule has 4 heteroatoms. The first-order valence-electron chi connectivity index (χ1n) is 10.9. The van der Waals surface area contributed by atoms with Gasteiger partial charge < -0.3 is 4.74 Å². The fourth-order valence-electron chi connectivity index (χ4n) is 3.22. The van der Waals surface area contributed by atoms with Gasteiger partial charge in [0.1, 0.15) is 0 Å². The fraction of sp³-hybridized carbons (Fsp3) is 0.423. The van der Waals surface area contributed by atoms with Crippen LogP contribution < -0.4 is 0 Å². The quantitative estimate of drug-likeness (QED) is 0.250. The summed E-state index contributed by atoms with van der Waals surface area (Å²) in [7, 11) is 0. The molecule has 0 N–H and O–H groups in total. The van der Waals surface area contributed by atoms with E-state index in [4.69, 9.17) is 4.74 Å². The van der Waals surface area contributed by atoms with Gasteiger partial charge in [0.2, 0.25) is 0 Å². The molecule has 2 rings (SSSR count). The first-order chi connectivity index (χ1) is 14.6. The van der Waals surface area contributed by atoms with Crippen molar-refractivity contribution in [3.63, 3.8) is 0 Å². The van der Waals surface area contributed by atoms with Crippen LogP contribution in [0.15, 0.2) is 49.2 Å². The Hall–Kier alpha value is -2.33. The van der Waals surface area contributed by atoms with Crippen LogP contribution in [0.4, 0.5) is 8.78 Å². The van der Waals surface area contributed by atoms with Gasteiger partial charge in [-0.15, -0.1) is 6.58 Å². The monoisotopic (exact) mass is 413 g/mol. The number of rotatable bonds is 13. The summed E-state index contributed by atoms with van der Waals surface area (Å²) in [6.07, 6.45) is 14.1. The standard InChI is InChI=1S/C26H33F2NO/c1-4-6-10-18-30-20(3)12-8-7-9-13-22-15-16-23(26(28)25(22)27)24-17-14-21(11-5-2)19-29-24/h5,9,13-17,19-20H,2,4,6-8,10-12,18H2,1,3H3. The summed E-state index contributed by atoms with van der Waals surface area (Å²) in [5.41, 5.74) is 1.82. The number of halogens is 2. The molecule has 30 heavy (non-hydrogen) atoms. The number of hydrogen-bond donors (Lipinski definition) is 0. The molecule has 0 aliphatic rings. The van der Waals surface area contributed by atoms with Gasteiger partial charge in [-0.1, -0.05) is 50.1 Å². The number of allylic oxidation sites excluding steroid dienone is 2. The molecule has 1 aromatic heterocycles. The Labute approximate surface area is 179 Å². The highest BCUT2D eigenvalue weighted by Gasteiger charge is 2.14. The van der Waals surface area contributed by atoms with Gasteiger partial charge in [-0.3, -0.25) is 4.98 Å². The Bertz CT molecular complexity index is 815. The van der Waals surface area contributed by atoms with Crippen molar-refractivity contribution in [1.29, 1.82) is 0 Å². The van der Waals surface area contributed by atoms with E-state index >= 15 is 0 Å². The van der Waals surface area contributed by atoms with Crippen molar-refractivity contribution in [1.82, 2.24) is 4.98 Å². The topological polar surface area (TPSA) is 22.1 Å². The molecule has 0 spiro atoms. The lowest BCUT2D eigenvalue weighted by Gasteiger charge is -2.12. The van der Waals surface area contributed by atoms with E-state index in [2.05, 4.69) is 25.4 Å². The van der Waals surface area contributed by atoms with Gasteiger partial charge in [-0.05, 0) is 56.7 Å². The molecular weight excluding hydrogens is 380 g/mol. The molecular formula is C26H33F2NO. The molecule has 1 heterocycles. The number of benzene rings is 1. The predicted octanol–water partition coefficient (Wildman–Crippen LogP) is 7.53. The van der Waals surface area contributed by atoms with Crippen LogP contribution in [0.3, 0.4) is 0 Å². The van der Waals surface area contributed by atoms with E-state index in [1.807, 2.05) is 12.1 Å². The van der Waals surface area contributed by atoms with Gasteiger partial charge in [0.15, 0.2) is 11.6 Å². The lowest BCUT2D eigenvalue weighted by molar-refractivity contribution is 0.0566. The first-order valence-corrected chi connectivity index (χ1v) is 10.9. The summed E-state index contributed by atoms with van der Waals surface area (Å²) in [5, 5.41) is 0. The second-order valence-electron chi connectivity index (χ2n) is 7.60. The average Bonchev–Trinajstić information content (AvgIpc) is 2.75. The molecule has 1 aromatic carbocycles. The third kappa shape index (κ3) is 7.49. The summed E-state index contributed by atoms with van der Waals surface area (Å²) < 4.78 is 34.8. The van der Waals surface area contributed by atoms with Crippen LogP contribution in [0.1, 0.15) is 63.5 Å². The Balaban J connectivity index is 1.88. The highest BCUT2D eigenvalue weighted by molar-refractivity contribution is 5.64. The SMILES string of the molecule is C=CCc1ccc(-c2ccc(C=CCCCC(C)OCCCCC)c(F)c2F)nc1. The lowest BCUT2D eigenvalue weighted by atomic mass is 10.0. The van der Waals surface area contributed by atoms with Crippen LogP contribution in [0.5, 0.6) is 0 Å². The molecule has 0 aliphatic heterocycles. The molecule has 2 nitrogen and oxygen atoms in total. The molecule has 0 amide bonds. The Kier molecular flexibility index (Phi) is 10.4. The first kappa shape index (κ1) is 23.9. The van der Waals surface area contributed by atoms with Crippen LogP contribution in [-0.2, 0) is 11.2 Å². The third-order valence-corrected chi connectivity index (χ3v) is 5.02. The molecule has 0 bridgehead atoms. The van der Waals surface area contributed by atoms with E-state index in [0.29, 0.717) is 12.1 Å². The van der Waals surface area contributed by atoms with E-state index in [1.54, 1.807) is 36.5 Å². The molecule has 0 aliphatic carbocycles. The van der Waals surface area contributed by atoms with Gasteiger partial charge >= 0.3 is 0 Å². The minimum absolute atomic E-state index is 0.170. The zero-order valence-corrected chi connectivity index (χ0v) is 18.2. The van der Waals surface area contributed by atoms with Crippen molar-refractivity contribution in [3.8, 4) is 11.3 Å². The molecule has 1 unspecified atom stereocenters. The van der Waals surface area contributed by atoms with Crippen molar-refractivity contribution >= 4 is 6.08 Å². The predicted molar refractivity (Wildman–Crippen MR) is 121 cm³/mol. The largest absolute Gasteiger partial charge is 0.379 e. The second kappa shape index (κ2) is 13.1. The van der Waals surface area contributed by atoms with E-state index in [9.17, 15) is 8.78 Å². The number of unbranched alkanes of at least 4 members (excludes halogenated alkanes) is 3. The molecule has 162 valence electrons. The van der Waals surface area contributed by atoms with Gasteiger partial charge in [0, 0.05) is 23.9 Å². The minimum Gasteiger partial charge on any atom is -0.379 e. The number of nitrogens with zero attached hydrogens (tertiary/aromatic N) is 1. The van der Waals surface area contributed by atoms with E-state index in [0.717, 1.165) is 37.9 Å². The normalized spacial score (nSPS) is 12.4. The maximum atomic E-state index is 14.6. The number of ether oxygens (including phenoxy) is 1. The molecule has 1 atom stereocenters. The molecule has 0 saturated carbocycles. The van der Waals surface area contributed by atoms with E-state index in [-0.39, 0.29) is 17.2 Å². The Morgan fingerprint density at radius 1 is 1.10 bits per heavy atom. The summed E-state index contributed by atoms with van der Waals surface area (Å²) in [6, 6.07) is 6.74. The number of pyridine rings is 1. The average molecular weight is 414 g/mol. The van der Waals surface area contributed by atoms with Crippen molar-refractivity contribution < 1.29 is 13.5 Å². The maximum Gasteiger partial charge on any atom is 0.168 e. The highest BCUT2D eigenvalue weighted by atomic mass is 19.2. The summed E-state index contributed by atoms with van der Waals surface area (Å²) in [4.78, 5) is 4.25. The van der Waals surface area contributed by atoms with E-state index in [1.165, 1.54) is 12.8 Å². The van der Waals surface area contributed by atoms with Crippen molar-refractivity contribution in [2.24, 2.45) is 0 Å². The highest BCUT2D eigenvalue weighted by Crippen LogP contribution is 2.26. The van der Waals surface area contributed by atoms with Crippen LogP contribution in [0, 0.1) is 11.6 Å². The van der Waals surface area contributed by atoms with Crippen molar-refractivity contribution in [3.05, 3.63) is 72.0 Å². The smallest absolute Gasteiger partial charge is 0.168 e. The molecule has 2 aromatic rings. The Morgan fingerprint density at radius 2 is 1.93 bits per heavy atom. The third-order valence-electron chi connectivity index (χ3n) is 5.02. The van der Waals surface area contributed by atoms with E-state index < -0.39 is 11.6 Å². The van der Waals surface area contributed by atoms with Crippen LogP contribution >= 0.6 is 0 Å². The van der Waals surface area contributed by atoms with Gasteiger partial charge in [0.05, 0.1) is 11.8 Å². The lowest BCUT2D eigenvalue weighted by Crippen LogP contribution is -2.08. The zero-order valence-electron chi connectivity index (χ0n) is 18.2. The van der Waals surface area contributed by atoms with Gasteiger partial charge in [0.25, 0.3) is 0 Å². The van der Waals surface area contributed by atoms with Gasteiger partial charge in [-0.2, -0.15) is 0 Å². The number of aromatic nitrogens is 1. The van der Waals surface area contributed by atoms with Crippen LogP contribution in [-0.4, -0.2) is 17.7 Å². The molecule has 0 fully saturated rings. The Morgan fingerprint density at radius 3 is 2.63 bits per heavy atom. The fourth-order valence-corrected chi connectivity index (χ4v) is 3.22. The van der Waals surface area contributed by atoms with Crippen molar-refractivity contribution in [2.45, 2.75) is 64.9 Å². The van der Waals surface area contributed by atoms with Crippen LogP contribution in [0.2, 0.25) is 0 Å². The summed E-state index contributed by atoms with van der Waals surface area (Å²) in [6.45, 7) is 8.76. The minimum atomic E-state index is -0.866. The molecule has 0 saturated heterocycles.